The molecule has 3 aromatic rings. The van der Waals surface area contributed by atoms with Crippen molar-refractivity contribution in [3.63, 3.8) is 0 Å². The van der Waals surface area contributed by atoms with Crippen molar-refractivity contribution < 1.29 is 9.53 Å². The van der Waals surface area contributed by atoms with Crippen LogP contribution in [0.25, 0.3) is 16.9 Å². The molecule has 0 aliphatic heterocycles. The molecule has 0 bridgehead atoms. The molecule has 2 N–H and O–H groups in total. The first-order chi connectivity index (χ1) is 10.1. The molecule has 0 amide bonds. The fraction of sp³-hybridized carbons (Fsp3) is 0.125. The Balaban J connectivity index is 2.14. The Hall–Kier alpha value is -2.82. The summed E-state index contributed by atoms with van der Waals surface area (Å²) in [7, 11) is 1.35. The van der Waals surface area contributed by atoms with Gasteiger partial charge in [0.1, 0.15) is 17.2 Å². The highest BCUT2D eigenvalue weighted by atomic mass is 16.5. The third kappa shape index (κ3) is 2.23. The van der Waals surface area contributed by atoms with E-state index in [2.05, 4.69) is 4.98 Å². The molecule has 0 aliphatic rings. The number of fused-ring (bicyclic) bond motifs is 1. The van der Waals surface area contributed by atoms with Gasteiger partial charge in [0.05, 0.1) is 12.7 Å². The van der Waals surface area contributed by atoms with Crippen molar-refractivity contribution in [1.29, 1.82) is 0 Å². The lowest BCUT2D eigenvalue weighted by atomic mass is 10.1. The number of anilines is 1. The number of methoxy groups -OCH3 is 1. The number of hydrogen-bond acceptors (Lipinski definition) is 4. The van der Waals surface area contributed by atoms with Crippen LogP contribution in [0.5, 0.6) is 0 Å². The van der Waals surface area contributed by atoms with Crippen LogP contribution >= 0.6 is 0 Å². The summed E-state index contributed by atoms with van der Waals surface area (Å²) in [5, 5.41) is 0. The van der Waals surface area contributed by atoms with Gasteiger partial charge in [0.15, 0.2) is 0 Å². The van der Waals surface area contributed by atoms with Gasteiger partial charge in [-0.05, 0) is 19.1 Å². The summed E-state index contributed by atoms with van der Waals surface area (Å²) in [6.45, 7) is 2.03. The van der Waals surface area contributed by atoms with Gasteiger partial charge in [-0.1, -0.05) is 29.8 Å². The van der Waals surface area contributed by atoms with Crippen molar-refractivity contribution >= 4 is 17.4 Å². The quantitative estimate of drug-likeness (QED) is 0.733. The Morgan fingerprint density at radius 1 is 1.24 bits per heavy atom. The molecular weight excluding hydrogens is 266 g/mol. The minimum absolute atomic E-state index is 0.393. The largest absolute Gasteiger partial charge is 0.465 e. The van der Waals surface area contributed by atoms with Crippen LogP contribution in [-0.2, 0) is 4.74 Å². The number of ether oxygens (including phenoxy) is 1. The molecule has 2 aromatic heterocycles. The normalized spacial score (nSPS) is 10.8. The molecule has 0 saturated heterocycles. The van der Waals surface area contributed by atoms with Crippen LogP contribution in [0.4, 0.5) is 5.82 Å². The third-order valence-electron chi connectivity index (χ3n) is 3.41. The zero-order valence-electron chi connectivity index (χ0n) is 11.8. The average Bonchev–Trinajstić information content (AvgIpc) is 2.84. The number of aromatic nitrogens is 2. The van der Waals surface area contributed by atoms with Gasteiger partial charge in [-0.3, -0.25) is 4.40 Å². The van der Waals surface area contributed by atoms with E-state index in [4.69, 9.17) is 10.5 Å². The summed E-state index contributed by atoms with van der Waals surface area (Å²) in [6.07, 6.45) is 1.72. The summed E-state index contributed by atoms with van der Waals surface area (Å²) in [6, 6.07) is 11.3. The number of aryl methyl sites for hydroxylation is 1. The fourth-order valence-corrected chi connectivity index (χ4v) is 2.23. The second kappa shape index (κ2) is 4.94. The first kappa shape index (κ1) is 13.2. The number of rotatable bonds is 2. The van der Waals surface area contributed by atoms with Gasteiger partial charge in [-0.15, -0.1) is 0 Å². The Morgan fingerprint density at radius 2 is 1.95 bits per heavy atom. The number of benzene rings is 1. The molecule has 2 heterocycles. The Morgan fingerprint density at radius 3 is 2.62 bits per heavy atom. The summed E-state index contributed by atoms with van der Waals surface area (Å²) in [4.78, 5) is 16.1. The summed E-state index contributed by atoms with van der Waals surface area (Å²) in [5.41, 5.74) is 10.0. The topological polar surface area (TPSA) is 69.6 Å². The van der Waals surface area contributed by atoms with Crippen molar-refractivity contribution in [2.75, 3.05) is 12.8 Å². The number of nitrogen functional groups attached to an aromatic ring is 1. The van der Waals surface area contributed by atoms with Crippen LogP contribution < -0.4 is 5.73 Å². The monoisotopic (exact) mass is 281 g/mol. The molecule has 5 nitrogen and oxygen atoms in total. The molecular formula is C16H15N3O2. The molecule has 0 aliphatic carbocycles. The van der Waals surface area contributed by atoms with Gasteiger partial charge in [0.25, 0.3) is 0 Å². The molecule has 0 spiro atoms. The zero-order chi connectivity index (χ0) is 15.0. The van der Waals surface area contributed by atoms with E-state index in [1.807, 2.05) is 31.2 Å². The summed E-state index contributed by atoms with van der Waals surface area (Å²) in [5.74, 6) is 0.154. The van der Waals surface area contributed by atoms with E-state index in [1.54, 1.807) is 22.7 Å². The first-order valence-electron chi connectivity index (χ1n) is 6.53. The average molecular weight is 281 g/mol. The highest BCUT2D eigenvalue weighted by Crippen LogP contribution is 2.27. The standard InChI is InChI=1S/C16H15N3O2/c1-10-3-5-11(6-4-10)14-15(17)19-8-7-12(16(20)21-2)9-13(19)18-14/h3-9H,17H2,1-2H3. The Kier molecular flexibility index (Phi) is 3.10. The number of carbonyl (C=O) groups excluding carboxylic acids is 1. The molecule has 0 saturated carbocycles. The Labute approximate surface area is 122 Å². The van der Waals surface area contributed by atoms with Gasteiger partial charge >= 0.3 is 5.97 Å². The molecule has 1 aromatic carbocycles. The highest BCUT2D eigenvalue weighted by molar-refractivity contribution is 5.90. The third-order valence-corrected chi connectivity index (χ3v) is 3.41. The van der Waals surface area contributed by atoms with Crippen molar-refractivity contribution in [2.24, 2.45) is 0 Å². The van der Waals surface area contributed by atoms with Gasteiger partial charge in [-0.2, -0.15) is 0 Å². The first-order valence-corrected chi connectivity index (χ1v) is 6.53. The van der Waals surface area contributed by atoms with E-state index in [9.17, 15) is 4.79 Å². The van der Waals surface area contributed by atoms with Crippen LogP contribution in [0, 0.1) is 6.92 Å². The fourth-order valence-electron chi connectivity index (χ4n) is 2.23. The molecule has 0 radical (unpaired) electrons. The molecule has 21 heavy (non-hydrogen) atoms. The summed E-state index contributed by atoms with van der Waals surface area (Å²) >= 11 is 0. The number of pyridine rings is 1. The van der Waals surface area contributed by atoms with Crippen molar-refractivity contribution in [1.82, 2.24) is 9.38 Å². The van der Waals surface area contributed by atoms with Gasteiger partial charge in [-0.25, -0.2) is 9.78 Å². The van der Waals surface area contributed by atoms with E-state index >= 15 is 0 Å². The van der Waals surface area contributed by atoms with Gasteiger partial charge in [0.2, 0.25) is 0 Å². The van der Waals surface area contributed by atoms with Crippen LogP contribution in [-0.4, -0.2) is 22.5 Å². The van der Waals surface area contributed by atoms with Crippen molar-refractivity contribution in [2.45, 2.75) is 6.92 Å². The van der Waals surface area contributed by atoms with Gasteiger partial charge < -0.3 is 10.5 Å². The van der Waals surface area contributed by atoms with E-state index in [1.165, 1.54) is 12.7 Å². The number of nitrogens with zero attached hydrogens (tertiary/aromatic N) is 2. The van der Waals surface area contributed by atoms with Crippen LogP contribution in [0.3, 0.4) is 0 Å². The van der Waals surface area contributed by atoms with E-state index in [0.29, 0.717) is 22.7 Å². The number of hydrogen-bond donors (Lipinski definition) is 1. The number of carbonyl (C=O) groups is 1. The maximum atomic E-state index is 11.6. The smallest absolute Gasteiger partial charge is 0.338 e. The molecule has 5 heteroatoms. The van der Waals surface area contributed by atoms with Crippen LogP contribution in [0.15, 0.2) is 42.6 Å². The summed E-state index contributed by atoms with van der Waals surface area (Å²) < 4.78 is 6.46. The SMILES string of the molecule is COC(=O)c1ccn2c(N)c(-c3ccc(C)cc3)nc2c1. The molecule has 0 atom stereocenters. The minimum Gasteiger partial charge on any atom is -0.465 e. The van der Waals surface area contributed by atoms with Crippen LogP contribution in [0.2, 0.25) is 0 Å². The maximum absolute atomic E-state index is 11.6. The second-order valence-electron chi connectivity index (χ2n) is 4.85. The van der Waals surface area contributed by atoms with E-state index in [-0.39, 0.29) is 0 Å². The van der Waals surface area contributed by atoms with E-state index < -0.39 is 5.97 Å². The minimum atomic E-state index is -0.393. The van der Waals surface area contributed by atoms with E-state index in [0.717, 1.165) is 5.56 Å². The molecule has 0 unspecified atom stereocenters. The highest BCUT2D eigenvalue weighted by Gasteiger charge is 2.13. The van der Waals surface area contributed by atoms with Crippen LogP contribution in [0.1, 0.15) is 15.9 Å². The maximum Gasteiger partial charge on any atom is 0.338 e. The predicted octanol–water partition coefficient (Wildman–Crippen LogP) is 2.68. The van der Waals surface area contributed by atoms with Crippen molar-refractivity contribution in [3.05, 3.63) is 53.7 Å². The zero-order valence-corrected chi connectivity index (χ0v) is 11.8. The number of esters is 1. The molecule has 3 rings (SSSR count). The number of nitrogens with two attached hydrogens (primary N) is 1. The molecule has 0 fully saturated rings. The lowest BCUT2D eigenvalue weighted by molar-refractivity contribution is 0.0600. The Bertz CT molecular complexity index is 819. The lowest BCUT2D eigenvalue weighted by Gasteiger charge is -2.01. The second-order valence-corrected chi connectivity index (χ2v) is 4.85. The van der Waals surface area contributed by atoms with Gasteiger partial charge in [0, 0.05) is 11.8 Å². The number of imidazole rings is 1. The predicted molar refractivity (Wildman–Crippen MR) is 81.1 cm³/mol. The lowest BCUT2D eigenvalue weighted by Crippen LogP contribution is -2.02. The molecule has 106 valence electrons. The van der Waals surface area contributed by atoms with Crippen molar-refractivity contribution in [3.8, 4) is 11.3 Å².